The molecule has 22 nitrogen and oxygen atoms in total. The minimum Gasteiger partial charge on any atom is -0.458 e. The SMILES string of the molecule is CC[C@@]1(O)C(=O)OCc2c1cc1n(c2=O)Cc2c-1nc1cc(F)c(C)cc1c2CCCNC(=O)CNC(=O)[C@H](CCCCN)NC(=O)[C@@H](NC(=O)CCCCCn1cc(-c2cnc(S(C)(=O)=O)nc2)nn1)C(C)C. The number of ether oxygens (including phenoxy) is 1. The summed E-state index contributed by atoms with van der Waals surface area (Å²) in [7, 11) is -3.54. The molecule has 0 saturated carbocycles. The van der Waals surface area contributed by atoms with Gasteiger partial charge in [-0.15, -0.1) is 5.10 Å². The van der Waals surface area contributed by atoms with Crippen molar-refractivity contribution in [2.75, 3.05) is 25.9 Å². The average molecular weight is 1040 g/mol. The molecule has 0 spiro atoms. The summed E-state index contributed by atoms with van der Waals surface area (Å²) in [6.45, 7) is 7.37. The van der Waals surface area contributed by atoms with E-state index in [1.807, 2.05) is 0 Å². The summed E-state index contributed by atoms with van der Waals surface area (Å²) in [6, 6.07) is 2.68. The number of sulfone groups is 1. The van der Waals surface area contributed by atoms with E-state index in [9.17, 15) is 46.7 Å². The number of amides is 4. The van der Waals surface area contributed by atoms with Crippen LogP contribution in [0.3, 0.4) is 0 Å². The van der Waals surface area contributed by atoms with Crippen LogP contribution in [0.4, 0.5) is 4.39 Å². The molecule has 0 bridgehead atoms. The number of rotatable bonds is 24. The summed E-state index contributed by atoms with van der Waals surface area (Å²) in [4.78, 5) is 92.5. The molecular formula is C50H63FN12O10S. The molecule has 24 heteroatoms. The van der Waals surface area contributed by atoms with Crippen molar-refractivity contribution < 1.29 is 46.6 Å². The van der Waals surface area contributed by atoms with E-state index in [0.717, 1.165) is 17.4 Å². The van der Waals surface area contributed by atoms with Crippen LogP contribution in [0, 0.1) is 18.7 Å². The highest BCUT2D eigenvalue weighted by Gasteiger charge is 2.45. The van der Waals surface area contributed by atoms with Crippen molar-refractivity contribution in [3.8, 4) is 22.6 Å². The number of benzene rings is 1. The largest absolute Gasteiger partial charge is 0.458 e. The van der Waals surface area contributed by atoms with E-state index in [-0.39, 0.29) is 73.6 Å². The van der Waals surface area contributed by atoms with Crippen LogP contribution in [-0.4, -0.2) is 116 Å². The first-order valence-corrected chi connectivity index (χ1v) is 26.7. The molecule has 0 aliphatic carbocycles. The number of carbonyl (C=O) groups excluding carboxylic acids is 5. The summed E-state index contributed by atoms with van der Waals surface area (Å²) in [5.41, 5.74) is 7.70. The van der Waals surface area contributed by atoms with Crippen molar-refractivity contribution in [1.29, 1.82) is 0 Å². The van der Waals surface area contributed by atoms with Gasteiger partial charge in [0.1, 0.15) is 30.2 Å². The van der Waals surface area contributed by atoms with Gasteiger partial charge in [0.2, 0.25) is 38.6 Å². The second kappa shape index (κ2) is 23.4. The lowest BCUT2D eigenvalue weighted by atomic mass is 9.86. The van der Waals surface area contributed by atoms with Crippen molar-refractivity contribution in [3.05, 3.63) is 80.8 Å². The Labute approximate surface area is 426 Å². The lowest BCUT2D eigenvalue weighted by Crippen LogP contribution is -2.56. The predicted octanol–water partition coefficient (Wildman–Crippen LogP) is 2.16. The molecule has 0 unspecified atom stereocenters. The summed E-state index contributed by atoms with van der Waals surface area (Å²) < 4.78 is 46.7. The Morgan fingerprint density at radius 3 is 2.42 bits per heavy atom. The third kappa shape index (κ3) is 12.3. The van der Waals surface area contributed by atoms with E-state index in [4.69, 9.17) is 15.5 Å². The molecule has 6 heterocycles. The Kier molecular flexibility index (Phi) is 17.3. The lowest BCUT2D eigenvalue weighted by Gasteiger charge is -2.31. The normalized spacial score (nSPS) is 15.7. The molecule has 7 N–H and O–H groups in total. The number of cyclic esters (lactones) is 1. The Morgan fingerprint density at radius 2 is 1.72 bits per heavy atom. The van der Waals surface area contributed by atoms with Crippen molar-refractivity contribution in [2.45, 2.75) is 134 Å². The monoisotopic (exact) mass is 1040 g/mol. The topological polar surface area (TPSA) is 314 Å². The molecule has 0 fully saturated rings. The highest BCUT2D eigenvalue weighted by atomic mass is 32.2. The summed E-state index contributed by atoms with van der Waals surface area (Å²) in [6.07, 6.45) is 9.61. The third-order valence-corrected chi connectivity index (χ3v) is 14.2. The number of halogens is 1. The van der Waals surface area contributed by atoms with E-state index in [1.54, 1.807) is 50.7 Å². The Balaban J connectivity index is 0.899. The minimum absolute atomic E-state index is 0.0209. The average Bonchev–Trinajstić information content (AvgIpc) is 4.00. The zero-order chi connectivity index (χ0) is 53.5. The number of hydrogen-bond acceptors (Lipinski definition) is 16. The number of hydrogen-bond donors (Lipinski definition) is 6. The molecule has 0 radical (unpaired) electrons. The van der Waals surface area contributed by atoms with Gasteiger partial charge in [-0.25, -0.2) is 32.6 Å². The van der Waals surface area contributed by atoms with E-state index in [0.29, 0.717) is 97.1 Å². The number of aliphatic hydroxyl groups is 1. The summed E-state index contributed by atoms with van der Waals surface area (Å²) in [5.74, 6) is -3.56. The molecule has 4 aromatic heterocycles. The fourth-order valence-corrected chi connectivity index (χ4v) is 9.63. The van der Waals surface area contributed by atoms with Crippen molar-refractivity contribution in [1.82, 2.24) is 55.8 Å². The Hall–Kier alpha value is -7.05. The van der Waals surface area contributed by atoms with Gasteiger partial charge < -0.3 is 41.4 Å². The quantitative estimate of drug-likeness (QED) is 0.0287. The number of pyridine rings is 2. The fraction of sp³-hybridized carbons (Fsp3) is 0.500. The molecule has 74 heavy (non-hydrogen) atoms. The molecule has 2 aliphatic heterocycles. The zero-order valence-electron chi connectivity index (χ0n) is 42.1. The molecule has 5 aromatic rings. The first-order chi connectivity index (χ1) is 35.2. The van der Waals surface area contributed by atoms with Crippen LogP contribution in [0.25, 0.3) is 33.5 Å². The van der Waals surface area contributed by atoms with Gasteiger partial charge in [0.05, 0.1) is 41.8 Å². The number of nitrogens with zero attached hydrogens (tertiary/aromatic N) is 7. The standard InChI is InChI=1S/C50H63FN12O10S/c1-6-50(70)35-20-40-44-33(25-63(40)47(68)34(35)27-73-48(50)69)31(32-19-29(4)36(51)21-38(32)57-44)13-12-17-53-42(65)24-54-45(66)37(14-9-10-16-52)58-46(67)43(28(2)3)59-41(64)15-8-7-11-18-62-26-39(60-61-62)30-22-55-49(56-23-30)74(5,71)72/h19-23,26,28,37,43,70H,6-18,24-25,27,52H2,1-5H3,(H,53,65)(H,54,66)(H,58,67)(H,59,64)/t37-,43-,50-/m0/s1. The summed E-state index contributed by atoms with van der Waals surface area (Å²) in [5, 5.41) is 31.0. The second-order valence-corrected chi connectivity index (χ2v) is 21.1. The number of fused-ring (bicyclic) bond motifs is 5. The first-order valence-electron chi connectivity index (χ1n) is 24.8. The molecule has 2 aliphatic rings. The van der Waals surface area contributed by atoms with E-state index in [2.05, 4.69) is 41.5 Å². The van der Waals surface area contributed by atoms with Gasteiger partial charge in [-0.1, -0.05) is 32.4 Å². The van der Waals surface area contributed by atoms with E-state index < -0.39 is 62.6 Å². The van der Waals surface area contributed by atoms with Crippen LogP contribution < -0.4 is 32.6 Å². The third-order valence-electron chi connectivity index (χ3n) is 13.4. The van der Waals surface area contributed by atoms with E-state index in [1.165, 1.54) is 23.0 Å². The molecule has 396 valence electrons. The van der Waals surface area contributed by atoms with E-state index >= 15 is 0 Å². The molecule has 4 amide bonds. The molecule has 0 saturated heterocycles. The van der Waals surface area contributed by atoms with Crippen molar-refractivity contribution >= 4 is 50.3 Å². The van der Waals surface area contributed by atoms with Gasteiger partial charge >= 0.3 is 5.97 Å². The van der Waals surface area contributed by atoms with Crippen LogP contribution >= 0.6 is 0 Å². The maximum Gasteiger partial charge on any atom is 0.343 e. The number of nitrogens with one attached hydrogen (secondary N) is 4. The highest BCUT2D eigenvalue weighted by molar-refractivity contribution is 7.90. The number of nitrogens with two attached hydrogens (primary N) is 1. The molecule has 7 rings (SSSR count). The minimum atomic E-state index is -3.54. The number of aromatic nitrogens is 7. The zero-order valence-corrected chi connectivity index (χ0v) is 42.9. The van der Waals surface area contributed by atoms with Crippen LogP contribution in [0.15, 0.2) is 46.7 Å². The van der Waals surface area contributed by atoms with Crippen LogP contribution in [-0.2, 0) is 70.3 Å². The predicted molar refractivity (Wildman–Crippen MR) is 268 cm³/mol. The molecular weight excluding hydrogens is 980 g/mol. The van der Waals surface area contributed by atoms with Gasteiger partial charge in [0.25, 0.3) is 5.56 Å². The Bertz CT molecular complexity index is 3130. The maximum atomic E-state index is 15.0. The van der Waals surface area contributed by atoms with Crippen LogP contribution in [0.1, 0.15) is 106 Å². The lowest BCUT2D eigenvalue weighted by molar-refractivity contribution is -0.172. The van der Waals surface area contributed by atoms with Crippen molar-refractivity contribution in [3.63, 3.8) is 0 Å². The fourth-order valence-electron chi connectivity index (χ4n) is 9.14. The smallest absolute Gasteiger partial charge is 0.343 e. The van der Waals surface area contributed by atoms with Crippen LogP contribution in [0.5, 0.6) is 0 Å². The Morgan fingerprint density at radius 1 is 0.959 bits per heavy atom. The van der Waals surface area contributed by atoms with Crippen molar-refractivity contribution in [2.24, 2.45) is 11.7 Å². The number of aryl methyl sites for hydroxylation is 3. The van der Waals surface area contributed by atoms with Gasteiger partial charge in [0.15, 0.2) is 5.60 Å². The van der Waals surface area contributed by atoms with Crippen LogP contribution in [0.2, 0.25) is 0 Å². The first kappa shape index (κ1) is 54.7. The number of esters is 1. The van der Waals surface area contributed by atoms with Gasteiger partial charge in [-0.3, -0.25) is 28.7 Å². The second-order valence-electron chi connectivity index (χ2n) is 19.1. The molecule has 1 aromatic carbocycles. The molecule has 3 atom stereocenters. The maximum absolute atomic E-state index is 15.0. The summed E-state index contributed by atoms with van der Waals surface area (Å²) >= 11 is 0. The van der Waals surface area contributed by atoms with Gasteiger partial charge in [-0.2, -0.15) is 0 Å². The highest BCUT2D eigenvalue weighted by Crippen LogP contribution is 2.41. The number of carbonyl (C=O) groups is 5. The van der Waals surface area contributed by atoms with Gasteiger partial charge in [-0.05, 0) is 94.0 Å². The number of unbranched alkanes of at least 4 members (excludes halogenated alkanes) is 3. The van der Waals surface area contributed by atoms with Gasteiger partial charge in [0, 0.05) is 66.3 Å².